The Labute approximate surface area is 112 Å². The van der Waals surface area contributed by atoms with Gasteiger partial charge in [0.15, 0.2) is 0 Å². The molecule has 0 saturated heterocycles. The standard InChI is InChI=1S/C14H18F2O2Si/c1-5-12(19(2,3)4)14(15,16)13(18)10-8-6-7-9-11(10)17/h5-9,12,17H,1H2,2-4H3/t12-/m1/s1. The second-order valence-corrected chi connectivity index (χ2v) is 10.9. The van der Waals surface area contributed by atoms with E-state index in [0.717, 1.165) is 6.08 Å². The molecule has 19 heavy (non-hydrogen) atoms. The van der Waals surface area contributed by atoms with E-state index in [-0.39, 0.29) is 5.56 Å². The van der Waals surface area contributed by atoms with E-state index < -0.39 is 31.1 Å². The summed E-state index contributed by atoms with van der Waals surface area (Å²) < 4.78 is 28.7. The predicted octanol–water partition coefficient (Wildman–Crippen LogP) is 4.10. The predicted molar refractivity (Wildman–Crippen MR) is 74.7 cm³/mol. The first kappa shape index (κ1) is 15.6. The van der Waals surface area contributed by atoms with Crippen molar-refractivity contribution in [3.63, 3.8) is 0 Å². The molecule has 1 rings (SSSR count). The third kappa shape index (κ3) is 3.09. The molecule has 0 aliphatic carbocycles. The van der Waals surface area contributed by atoms with E-state index in [1.54, 1.807) is 19.6 Å². The molecule has 0 aliphatic heterocycles. The van der Waals surface area contributed by atoms with Gasteiger partial charge in [-0.25, -0.2) is 0 Å². The lowest BCUT2D eigenvalue weighted by Crippen LogP contribution is -2.44. The summed E-state index contributed by atoms with van der Waals surface area (Å²) in [4.78, 5) is 12.0. The lowest BCUT2D eigenvalue weighted by Gasteiger charge is -2.32. The van der Waals surface area contributed by atoms with Gasteiger partial charge in [0.05, 0.1) is 13.6 Å². The van der Waals surface area contributed by atoms with Crippen LogP contribution >= 0.6 is 0 Å². The molecule has 0 heterocycles. The summed E-state index contributed by atoms with van der Waals surface area (Å²) >= 11 is 0. The highest BCUT2D eigenvalue weighted by atomic mass is 28.3. The Balaban J connectivity index is 3.23. The number of halogens is 2. The number of para-hydroxylation sites is 1. The highest BCUT2D eigenvalue weighted by molar-refractivity contribution is 6.78. The van der Waals surface area contributed by atoms with Crippen molar-refractivity contribution < 1.29 is 18.7 Å². The van der Waals surface area contributed by atoms with Crippen LogP contribution in [0.5, 0.6) is 5.75 Å². The molecule has 0 amide bonds. The molecule has 1 N–H and O–H groups in total. The molecule has 0 radical (unpaired) electrons. The molecule has 0 bridgehead atoms. The van der Waals surface area contributed by atoms with Gasteiger partial charge in [0, 0.05) is 5.54 Å². The van der Waals surface area contributed by atoms with E-state index in [1.165, 1.54) is 24.3 Å². The molecule has 1 aromatic rings. The Morgan fingerprint density at radius 3 is 2.32 bits per heavy atom. The zero-order valence-electron chi connectivity index (χ0n) is 11.3. The Bertz CT molecular complexity index is 492. The van der Waals surface area contributed by atoms with Crippen molar-refractivity contribution >= 4 is 13.9 Å². The molecule has 104 valence electrons. The van der Waals surface area contributed by atoms with E-state index in [2.05, 4.69) is 6.58 Å². The zero-order chi connectivity index (χ0) is 14.8. The second kappa shape index (κ2) is 5.25. The summed E-state index contributed by atoms with van der Waals surface area (Å²) in [5, 5.41) is 9.53. The van der Waals surface area contributed by atoms with Crippen LogP contribution in [0.1, 0.15) is 10.4 Å². The van der Waals surface area contributed by atoms with Crippen molar-refractivity contribution in [1.29, 1.82) is 0 Å². The summed E-state index contributed by atoms with van der Waals surface area (Å²) in [6.07, 6.45) is 1.16. The lowest BCUT2D eigenvalue weighted by molar-refractivity contribution is 0.0111. The van der Waals surface area contributed by atoms with Crippen molar-refractivity contribution in [2.24, 2.45) is 0 Å². The second-order valence-electron chi connectivity index (χ2n) is 5.55. The van der Waals surface area contributed by atoms with Gasteiger partial charge in [-0.3, -0.25) is 4.79 Å². The van der Waals surface area contributed by atoms with Crippen LogP contribution in [0, 0.1) is 0 Å². The fraction of sp³-hybridized carbons (Fsp3) is 0.357. The van der Waals surface area contributed by atoms with Gasteiger partial charge in [-0.15, -0.1) is 6.58 Å². The fourth-order valence-electron chi connectivity index (χ4n) is 2.03. The number of allylic oxidation sites excluding steroid dienone is 1. The number of hydrogen-bond donors (Lipinski definition) is 1. The molecule has 1 aromatic carbocycles. The molecule has 0 unspecified atom stereocenters. The third-order valence-corrected chi connectivity index (χ3v) is 5.48. The number of carbonyl (C=O) groups excluding carboxylic acids is 1. The third-order valence-electron chi connectivity index (χ3n) is 3.01. The molecule has 0 spiro atoms. The van der Waals surface area contributed by atoms with Gasteiger partial charge in [0.25, 0.3) is 0 Å². The minimum Gasteiger partial charge on any atom is -0.507 e. The average molecular weight is 284 g/mol. The number of benzene rings is 1. The van der Waals surface area contributed by atoms with Crippen molar-refractivity contribution in [1.82, 2.24) is 0 Å². The van der Waals surface area contributed by atoms with Crippen LogP contribution in [0.15, 0.2) is 36.9 Å². The molecule has 2 nitrogen and oxygen atoms in total. The lowest BCUT2D eigenvalue weighted by atomic mass is 10.0. The molecular weight excluding hydrogens is 266 g/mol. The van der Waals surface area contributed by atoms with E-state index >= 15 is 0 Å². The minimum atomic E-state index is -3.55. The van der Waals surface area contributed by atoms with Crippen molar-refractivity contribution in [2.75, 3.05) is 0 Å². The number of aromatic hydroxyl groups is 1. The van der Waals surface area contributed by atoms with Crippen LogP contribution in [0.3, 0.4) is 0 Å². The minimum absolute atomic E-state index is 0.349. The number of ketones is 1. The quantitative estimate of drug-likeness (QED) is 0.502. The summed E-state index contributed by atoms with van der Waals surface area (Å²) in [6.45, 7) is 8.70. The van der Waals surface area contributed by atoms with E-state index in [9.17, 15) is 18.7 Å². The summed E-state index contributed by atoms with van der Waals surface area (Å²) in [7, 11) is -2.31. The number of phenols is 1. The van der Waals surface area contributed by atoms with Gasteiger partial charge < -0.3 is 5.11 Å². The molecule has 1 atom stereocenters. The first-order chi connectivity index (χ1) is 8.62. The normalized spacial score (nSPS) is 13.9. The number of Topliss-reactive ketones (excluding diaryl/α,β-unsaturated/α-hetero) is 1. The molecule has 0 aromatic heterocycles. The Morgan fingerprint density at radius 2 is 1.89 bits per heavy atom. The molecular formula is C14H18F2O2Si. The van der Waals surface area contributed by atoms with E-state index in [4.69, 9.17) is 0 Å². The van der Waals surface area contributed by atoms with Crippen molar-refractivity contribution in [3.8, 4) is 5.75 Å². The fourth-order valence-corrected chi connectivity index (χ4v) is 3.96. The van der Waals surface area contributed by atoms with Crippen LogP contribution in [0.4, 0.5) is 8.78 Å². The molecule has 0 aliphatic rings. The highest BCUT2D eigenvalue weighted by Crippen LogP contribution is 2.41. The van der Waals surface area contributed by atoms with E-state index in [1.807, 2.05) is 0 Å². The number of rotatable bonds is 5. The smallest absolute Gasteiger partial charge is 0.313 e. The molecule has 5 heteroatoms. The number of alkyl halides is 2. The number of hydrogen-bond acceptors (Lipinski definition) is 2. The van der Waals surface area contributed by atoms with Crippen LogP contribution < -0.4 is 0 Å². The monoisotopic (exact) mass is 284 g/mol. The van der Waals surface area contributed by atoms with Gasteiger partial charge in [0.1, 0.15) is 5.75 Å². The number of phenolic OH excluding ortho intramolecular Hbond substituents is 1. The largest absolute Gasteiger partial charge is 0.507 e. The summed E-state index contributed by atoms with van der Waals surface area (Å²) in [5.74, 6) is -5.33. The van der Waals surface area contributed by atoms with Crippen LogP contribution in [0.25, 0.3) is 0 Å². The van der Waals surface area contributed by atoms with Crippen LogP contribution in [-0.2, 0) is 0 Å². The highest BCUT2D eigenvalue weighted by Gasteiger charge is 2.51. The maximum Gasteiger partial charge on any atom is 0.313 e. The maximum atomic E-state index is 14.3. The van der Waals surface area contributed by atoms with Gasteiger partial charge in [0.2, 0.25) is 5.78 Å². The van der Waals surface area contributed by atoms with E-state index in [0.29, 0.717) is 0 Å². The first-order valence-electron chi connectivity index (χ1n) is 5.95. The maximum absolute atomic E-state index is 14.3. The summed E-state index contributed by atoms with van der Waals surface area (Å²) in [6, 6.07) is 5.35. The van der Waals surface area contributed by atoms with Gasteiger partial charge in [-0.1, -0.05) is 37.8 Å². The van der Waals surface area contributed by atoms with Gasteiger partial charge in [-0.2, -0.15) is 8.78 Å². The molecule has 0 saturated carbocycles. The SMILES string of the molecule is C=C[C@H](C(F)(F)C(=O)c1ccccc1O)[Si](C)(C)C. The van der Waals surface area contributed by atoms with Crippen LogP contribution in [-0.4, -0.2) is 24.9 Å². The zero-order valence-corrected chi connectivity index (χ0v) is 12.3. The average Bonchev–Trinajstić information content (AvgIpc) is 2.27. The van der Waals surface area contributed by atoms with Crippen molar-refractivity contribution in [3.05, 3.63) is 42.5 Å². The molecule has 0 fully saturated rings. The topological polar surface area (TPSA) is 37.3 Å². The van der Waals surface area contributed by atoms with Gasteiger partial charge >= 0.3 is 5.92 Å². The first-order valence-corrected chi connectivity index (χ1v) is 9.53. The van der Waals surface area contributed by atoms with Crippen LogP contribution in [0.2, 0.25) is 25.2 Å². The Kier molecular flexibility index (Phi) is 4.30. The Hall–Kier alpha value is -1.49. The number of carbonyl (C=O) groups is 1. The van der Waals surface area contributed by atoms with Crippen molar-refractivity contribution in [2.45, 2.75) is 31.1 Å². The Morgan fingerprint density at radius 1 is 1.37 bits per heavy atom. The van der Waals surface area contributed by atoms with Gasteiger partial charge in [-0.05, 0) is 12.1 Å². The summed E-state index contributed by atoms with van der Waals surface area (Å²) in [5.41, 5.74) is -1.52.